The summed E-state index contributed by atoms with van der Waals surface area (Å²) >= 11 is 1.27. The Morgan fingerprint density at radius 1 is 1.00 bits per heavy atom. The molecule has 0 bridgehead atoms. The van der Waals surface area contributed by atoms with Crippen LogP contribution >= 0.6 is 11.3 Å². The molecule has 0 radical (unpaired) electrons. The van der Waals surface area contributed by atoms with Crippen molar-refractivity contribution in [3.63, 3.8) is 0 Å². The van der Waals surface area contributed by atoms with Gasteiger partial charge in [0.1, 0.15) is 23.1 Å². The molecule has 2 aromatic carbocycles. The van der Waals surface area contributed by atoms with E-state index in [1.165, 1.54) is 17.4 Å². The van der Waals surface area contributed by atoms with Gasteiger partial charge in [-0.1, -0.05) is 37.1 Å². The number of thiazole rings is 1. The van der Waals surface area contributed by atoms with Gasteiger partial charge >= 0.3 is 6.03 Å². The van der Waals surface area contributed by atoms with E-state index in [9.17, 15) is 14.0 Å². The SMILES string of the molecule is CCOc1ccccc1NC(=O)N[C@@H]1CCCC[C@@H]1NC(=O)c1csc(COc2ccccc2F)n1. The minimum atomic E-state index is -0.451. The Kier molecular flexibility index (Phi) is 8.72. The average molecular weight is 513 g/mol. The molecule has 1 aliphatic carbocycles. The van der Waals surface area contributed by atoms with Gasteiger partial charge in [0, 0.05) is 11.4 Å². The van der Waals surface area contributed by atoms with Crippen molar-refractivity contribution in [2.24, 2.45) is 0 Å². The third kappa shape index (κ3) is 6.72. The summed E-state index contributed by atoms with van der Waals surface area (Å²) in [5, 5.41) is 11.1. The summed E-state index contributed by atoms with van der Waals surface area (Å²) in [7, 11) is 0. The standard InChI is InChI=1S/C26H29FN4O4S/c1-2-34-23-14-8-6-12-20(23)31-26(33)30-19-11-5-4-10-18(19)29-25(32)21-16-36-24(28-21)15-35-22-13-7-3-9-17(22)27/h3,6-9,12-14,16,18-19H,2,4-5,10-11,15H2,1H3,(H,29,32)(H2,30,31,33)/t18-,19+/m0/s1. The molecule has 3 aromatic rings. The molecule has 0 spiro atoms. The second-order valence-electron chi connectivity index (χ2n) is 8.34. The number of urea groups is 1. The van der Waals surface area contributed by atoms with Crippen molar-refractivity contribution < 1.29 is 23.5 Å². The Morgan fingerprint density at radius 3 is 2.44 bits per heavy atom. The number of anilines is 1. The van der Waals surface area contributed by atoms with Crippen LogP contribution in [0.1, 0.15) is 48.1 Å². The topological polar surface area (TPSA) is 102 Å². The number of rotatable bonds is 9. The Labute approximate surface area is 213 Å². The van der Waals surface area contributed by atoms with Crippen molar-refractivity contribution in [3.05, 3.63) is 70.4 Å². The molecule has 1 fully saturated rings. The molecule has 0 aliphatic heterocycles. The quantitative estimate of drug-likeness (QED) is 0.369. The number of nitrogens with zero attached hydrogens (tertiary/aromatic N) is 1. The molecule has 3 N–H and O–H groups in total. The maximum absolute atomic E-state index is 13.7. The first-order valence-corrected chi connectivity index (χ1v) is 12.8. The zero-order valence-electron chi connectivity index (χ0n) is 20.0. The molecule has 0 unspecified atom stereocenters. The maximum atomic E-state index is 13.7. The van der Waals surface area contributed by atoms with E-state index in [1.807, 2.05) is 19.1 Å². The van der Waals surface area contributed by atoms with Crippen LogP contribution in [0.3, 0.4) is 0 Å². The van der Waals surface area contributed by atoms with Gasteiger partial charge in [0.05, 0.1) is 18.3 Å². The third-order valence-electron chi connectivity index (χ3n) is 5.81. The number of nitrogens with one attached hydrogen (secondary N) is 3. The van der Waals surface area contributed by atoms with Crippen LogP contribution in [0, 0.1) is 5.82 Å². The fraction of sp³-hybridized carbons (Fsp3) is 0.346. The number of para-hydroxylation sites is 3. The lowest BCUT2D eigenvalue weighted by molar-refractivity contribution is 0.0911. The van der Waals surface area contributed by atoms with Crippen molar-refractivity contribution in [3.8, 4) is 11.5 Å². The van der Waals surface area contributed by atoms with Gasteiger partial charge in [-0.05, 0) is 44.0 Å². The first-order chi connectivity index (χ1) is 17.5. The van der Waals surface area contributed by atoms with Crippen molar-refractivity contribution in [1.82, 2.24) is 15.6 Å². The van der Waals surface area contributed by atoms with Crippen molar-refractivity contribution in [2.45, 2.75) is 51.3 Å². The lowest BCUT2D eigenvalue weighted by Gasteiger charge is -2.32. The molecule has 1 heterocycles. The lowest BCUT2D eigenvalue weighted by Crippen LogP contribution is -2.54. The zero-order valence-corrected chi connectivity index (χ0v) is 20.8. The van der Waals surface area contributed by atoms with Gasteiger partial charge in [-0.25, -0.2) is 14.2 Å². The largest absolute Gasteiger partial charge is 0.492 e. The molecule has 1 aromatic heterocycles. The molecule has 36 heavy (non-hydrogen) atoms. The summed E-state index contributed by atoms with van der Waals surface area (Å²) in [6.07, 6.45) is 3.42. The number of hydrogen-bond acceptors (Lipinski definition) is 6. The number of benzene rings is 2. The van der Waals surface area contributed by atoms with Crippen LogP contribution in [0.2, 0.25) is 0 Å². The third-order valence-corrected chi connectivity index (χ3v) is 6.63. The van der Waals surface area contributed by atoms with Gasteiger partial charge in [0.2, 0.25) is 0 Å². The van der Waals surface area contributed by atoms with E-state index in [4.69, 9.17) is 9.47 Å². The van der Waals surface area contributed by atoms with Crippen LogP contribution < -0.4 is 25.4 Å². The molecule has 8 nitrogen and oxygen atoms in total. The number of halogens is 1. The minimum absolute atomic E-state index is 0.0654. The highest BCUT2D eigenvalue weighted by Gasteiger charge is 2.29. The monoisotopic (exact) mass is 512 g/mol. The Bertz CT molecular complexity index is 1190. The normalized spacial score (nSPS) is 17.2. The first kappa shape index (κ1) is 25.4. The number of amides is 3. The molecular weight excluding hydrogens is 483 g/mol. The number of hydrogen-bond donors (Lipinski definition) is 3. The maximum Gasteiger partial charge on any atom is 0.319 e. The smallest absolute Gasteiger partial charge is 0.319 e. The van der Waals surface area contributed by atoms with Gasteiger partial charge in [0.15, 0.2) is 11.6 Å². The minimum Gasteiger partial charge on any atom is -0.492 e. The fourth-order valence-corrected chi connectivity index (χ4v) is 4.76. The number of carbonyl (C=O) groups is 2. The number of aromatic nitrogens is 1. The van der Waals surface area contributed by atoms with Crippen molar-refractivity contribution in [2.75, 3.05) is 11.9 Å². The lowest BCUT2D eigenvalue weighted by atomic mass is 9.90. The Balaban J connectivity index is 1.32. The highest BCUT2D eigenvalue weighted by Crippen LogP contribution is 2.25. The van der Waals surface area contributed by atoms with Crippen LogP contribution in [-0.4, -0.2) is 35.6 Å². The van der Waals surface area contributed by atoms with Gasteiger partial charge < -0.3 is 25.4 Å². The second kappa shape index (κ2) is 12.3. The molecule has 1 saturated carbocycles. The fourth-order valence-electron chi connectivity index (χ4n) is 4.08. The predicted octanol–water partition coefficient (Wildman–Crippen LogP) is 5.12. The zero-order chi connectivity index (χ0) is 25.3. The van der Waals surface area contributed by atoms with Gasteiger partial charge in [0.25, 0.3) is 5.91 Å². The molecule has 2 atom stereocenters. The molecule has 0 saturated heterocycles. The molecule has 4 rings (SSSR count). The van der Waals surface area contributed by atoms with E-state index in [2.05, 4.69) is 20.9 Å². The van der Waals surface area contributed by atoms with Crippen LogP contribution in [0.5, 0.6) is 11.5 Å². The van der Waals surface area contributed by atoms with Crippen molar-refractivity contribution >= 4 is 29.0 Å². The highest BCUT2D eigenvalue weighted by molar-refractivity contribution is 7.09. The number of carbonyl (C=O) groups excluding carboxylic acids is 2. The summed E-state index contributed by atoms with van der Waals surface area (Å²) in [6.45, 7) is 2.44. The van der Waals surface area contributed by atoms with E-state index in [1.54, 1.807) is 35.7 Å². The second-order valence-corrected chi connectivity index (χ2v) is 9.29. The van der Waals surface area contributed by atoms with Crippen LogP contribution in [-0.2, 0) is 6.61 Å². The summed E-state index contributed by atoms with van der Waals surface area (Å²) in [5.41, 5.74) is 0.854. The average Bonchev–Trinajstić information content (AvgIpc) is 3.35. The summed E-state index contributed by atoms with van der Waals surface area (Å²) in [4.78, 5) is 29.9. The molecule has 3 amide bonds. The summed E-state index contributed by atoms with van der Waals surface area (Å²) in [5.74, 6) is -0.0311. The van der Waals surface area contributed by atoms with Crippen molar-refractivity contribution in [1.29, 1.82) is 0 Å². The first-order valence-electron chi connectivity index (χ1n) is 12.0. The summed E-state index contributed by atoms with van der Waals surface area (Å²) < 4.78 is 24.8. The predicted molar refractivity (Wildman–Crippen MR) is 136 cm³/mol. The van der Waals surface area contributed by atoms with E-state index >= 15 is 0 Å². The van der Waals surface area contributed by atoms with E-state index in [0.717, 1.165) is 25.7 Å². The van der Waals surface area contributed by atoms with Gasteiger partial charge in [-0.2, -0.15) is 0 Å². The van der Waals surface area contributed by atoms with Gasteiger partial charge in [-0.3, -0.25) is 4.79 Å². The van der Waals surface area contributed by atoms with Crippen LogP contribution in [0.25, 0.3) is 0 Å². The van der Waals surface area contributed by atoms with Crippen LogP contribution in [0.4, 0.5) is 14.9 Å². The van der Waals surface area contributed by atoms with Gasteiger partial charge in [-0.15, -0.1) is 11.3 Å². The van der Waals surface area contributed by atoms with E-state index in [0.29, 0.717) is 23.1 Å². The molecule has 190 valence electrons. The molecule has 1 aliphatic rings. The highest BCUT2D eigenvalue weighted by atomic mass is 32.1. The summed E-state index contributed by atoms with van der Waals surface area (Å²) in [6, 6.07) is 12.6. The van der Waals surface area contributed by atoms with E-state index in [-0.39, 0.29) is 42.1 Å². The Hall–Kier alpha value is -3.66. The van der Waals surface area contributed by atoms with E-state index < -0.39 is 5.82 Å². The molecule has 10 heteroatoms. The Morgan fingerprint density at radius 2 is 1.69 bits per heavy atom. The number of ether oxygens (including phenoxy) is 2. The van der Waals surface area contributed by atoms with Crippen LogP contribution in [0.15, 0.2) is 53.9 Å². The molecular formula is C26H29FN4O4S.